The number of amidine groups is 1. The minimum Gasteiger partial charge on any atom is -0.379 e. The zero-order chi connectivity index (χ0) is 12.3. The van der Waals surface area contributed by atoms with Crippen molar-refractivity contribution < 1.29 is 9.84 Å². The van der Waals surface area contributed by atoms with E-state index in [1.165, 1.54) is 0 Å². The Labute approximate surface area is 96.1 Å². The summed E-state index contributed by atoms with van der Waals surface area (Å²) in [6.45, 7) is 1.83. The van der Waals surface area contributed by atoms with E-state index in [9.17, 15) is 0 Å². The van der Waals surface area contributed by atoms with Crippen molar-refractivity contribution in [3.05, 3.63) is 29.6 Å². The number of nitrogens with one attached hydrogen (secondary N) is 1. The maximum Gasteiger partial charge on any atom is 0.199 e. The van der Waals surface area contributed by atoms with Gasteiger partial charge in [-0.3, -0.25) is 10.7 Å². The molecule has 0 spiro atoms. The Kier molecular flexibility index (Phi) is 2.97. The second kappa shape index (κ2) is 4.58. The molecule has 0 fully saturated rings. The normalized spacial score (nSPS) is 11.5. The molecular formula is C9H10N6O2. The number of rotatable bonds is 2. The van der Waals surface area contributed by atoms with Gasteiger partial charge in [0.15, 0.2) is 23.2 Å². The number of hydrogen-bond acceptors (Lipinski definition) is 7. The summed E-state index contributed by atoms with van der Waals surface area (Å²) >= 11 is 0. The highest BCUT2D eigenvalue weighted by atomic mass is 16.6. The number of hydrogen-bond donors (Lipinski definition) is 3. The number of pyridine rings is 1. The van der Waals surface area contributed by atoms with Crippen LogP contribution in [0.15, 0.2) is 27.8 Å². The van der Waals surface area contributed by atoms with Crippen LogP contribution in [-0.4, -0.2) is 26.3 Å². The standard InChI is InChI=1S/C9H10N6O2/c1-5-3-2-4-6(11-5)12-9(13-16)7-8(10)15-17-14-7/h2-4,16H,1H3,(H2,10,15)(H,11,12,13). The summed E-state index contributed by atoms with van der Waals surface area (Å²) in [6, 6.07) is 5.30. The van der Waals surface area contributed by atoms with Crippen LogP contribution in [0.2, 0.25) is 0 Å². The van der Waals surface area contributed by atoms with E-state index >= 15 is 0 Å². The van der Waals surface area contributed by atoms with Crippen molar-refractivity contribution in [2.24, 2.45) is 4.99 Å². The van der Waals surface area contributed by atoms with Crippen LogP contribution in [-0.2, 0) is 0 Å². The lowest BCUT2D eigenvalue weighted by molar-refractivity contribution is 0.234. The average molecular weight is 234 g/mol. The monoisotopic (exact) mass is 234 g/mol. The molecule has 0 unspecified atom stereocenters. The number of nitrogens with two attached hydrogens (primary N) is 1. The van der Waals surface area contributed by atoms with Crippen LogP contribution in [0.3, 0.4) is 0 Å². The highest BCUT2D eigenvalue weighted by molar-refractivity contribution is 6.00. The molecular weight excluding hydrogens is 224 g/mol. The molecule has 0 saturated heterocycles. The lowest BCUT2D eigenvalue weighted by Gasteiger charge is -2.01. The lowest BCUT2D eigenvalue weighted by Crippen LogP contribution is -2.21. The molecule has 8 heteroatoms. The maximum absolute atomic E-state index is 8.98. The van der Waals surface area contributed by atoms with Gasteiger partial charge in [0.2, 0.25) is 0 Å². The molecule has 0 atom stereocenters. The first kappa shape index (κ1) is 11.0. The first-order chi connectivity index (χ1) is 8.20. The molecule has 2 aromatic heterocycles. The van der Waals surface area contributed by atoms with Crippen LogP contribution in [0, 0.1) is 6.92 Å². The summed E-state index contributed by atoms with van der Waals surface area (Å²) in [6.07, 6.45) is 0. The number of nitrogen functional groups attached to an aromatic ring is 1. The van der Waals surface area contributed by atoms with Gasteiger partial charge < -0.3 is 5.73 Å². The van der Waals surface area contributed by atoms with Gasteiger partial charge in [-0.05, 0) is 29.4 Å². The summed E-state index contributed by atoms with van der Waals surface area (Å²) in [4.78, 5) is 8.19. The minimum absolute atomic E-state index is 0.0156. The van der Waals surface area contributed by atoms with Gasteiger partial charge in [-0.15, -0.1) is 0 Å². The first-order valence-electron chi connectivity index (χ1n) is 4.71. The fourth-order valence-corrected chi connectivity index (χ4v) is 1.20. The summed E-state index contributed by atoms with van der Waals surface area (Å²) in [5.74, 6) is 0.448. The SMILES string of the molecule is Cc1cccc(/N=C(\NO)c2nonc2N)n1. The van der Waals surface area contributed by atoms with Crippen LogP contribution in [0.4, 0.5) is 11.6 Å². The van der Waals surface area contributed by atoms with Gasteiger partial charge in [-0.25, -0.2) is 14.6 Å². The van der Waals surface area contributed by atoms with Gasteiger partial charge >= 0.3 is 0 Å². The van der Waals surface area contributed by atoms with Crippen LogP contribution in [0.1, 0.15) is 11.4 Å². The van der Waals surface area contributed by atoms with Gasteiger partial charge in [0, 0.05) is 5.69 Å². The molecule has 0 aromatic carbocycles. The quantitative estimate of drug-likeness (QED) is 0.390. The Balaban J connectivity index is 2.40. The van der Waals surface area contributed by atoms with Crippen LogP contribution in [0.25, 0.3) is 0 Å². The van der Waals surface area contributed by atoms with Crippen LogP contribution < -0.4 is 11.2 Å². The number of aryl methyl sites for hydroxylation is 1. The zero-order valence-electron chi connectivity index (χ0n) is 8.95. The highest BCUT2D eigenvalue weighted by Crippen LogP contribution is 2.12. The van der Waals surface area contributed by atoms with Gasteiger partial charge in [-0.1, -0.05) is 6.07 Å². The molecule has 8 nitrogen and oxygen atoms in total. The third-order valence-electron chi connectivity index (χ3n) is 1.94. The van der Waals surface area contributed by atoms with Crippen molar-refractivity contribution in [2.45, 2.75) is 6.92 Å². The van der Waals surface area contributed by atoms with E-state index in [2.05, 4.69) is 24.9 Å². The number of aliphatic imine (C=N–C) groups is 1. The Morgan fingerprint density at radius 2 is 2.29 bits per heavy atom. The van der Waals surface area contributed by atoms with E-state index in [1.807, 2.05) is 18.5 Å². The molecule has 0 aliphatic rings. The van der Waals surface area contributed by atoms with Crippen molar-refractivity contribution >= 4 is 17.5 Å². The smallest absolute Gasteiger partial charge is 0.199 e. The van der Waals surface area contributed by atoms with Crippen molar-refractivity contribution in [1.29, 1.82) is 0 Å². The maximum atomic E-state index is 8.98. The van der Waals surface area contributed by atoms with E-state index in [1.54, 1.807) is 12.1 Å². The zero-order valence-corrected chi connectivity index (χ0v) is 8.95. The van der Waals surface area contributed by atoms with E-state index < -0.39 is 0 Å². The minimum atomic E-state index is 0.0156. The molecule has 0 amide bonds. The van der Waals surface area contributed by atoms with Crippen LogP contribution >= 0.6 is 0 Å². The predicted molar refractivity (Wildman–Crippen MR) is 58.8 cm³/mol. The van der Waals surface area contributed by atoms with Gasteiger partial charge in [0.05, 0.1) is 0 Å². The lowest BCUT2D eigenvalue weighted by atomic mass is 10.3. The molecule has 0 radical (unpaired) electrons. The van der Waals surface area contributed by atoms with Crippen molar-refractivity contribution in [2.75, 3.05) is 5.73 Å². The van der Waals surface area contributed by atoms with E-state index in [0.717, 1.165) is 5.69 Å². The summed E-state index contributed by atoms with van der Waals surface area (Å²) < 4.78 is 4.41. The summed E-state index contributed by atoms with van der Waals surface area (Å²) in [5, 5.41) is 15.9. The second-order valence-corrected chi connectivity index (χ2v) is 3.21. The van der Waals surface area contributed by atoms with E-state index in [-0.39, 0.29) is 17.3 Å². The van der Waals surface area contributed by atoms with Crippen molar-refractivity contribution in [3.63, 3.8) is 0 Å². The molecule has 2 heterocycles. The molecule has 88 valence electrons. The molecule has 2 rings (SSSR count). The topological polar surface area (TPSA) is 122 Å². The first-order valence-corrected chi connectivity index (χ1v) is 4.71. The number of aromatic nitrogens is 3. The van der Waals surface area contributed by atoms with Gasteiger partial charge in [-0.2, -0.15) is 0 Å². The Morgan fingerprint density at radius 1 is 1.47 bits per heavy atom. The number of nitrogens with zero attached hydrogens (tertiary/aromatic N) is 4. The summed E-state index contributed by atoms with van der Waals surface area (Å²) in [7, 11) is 0. The molecule has 0 saturated carbocycles. The number of anilines is 1. The fourth-order valence-electron chi connectivity index (χ4n) is 1.20. The molecule has 2 aromatic rings. The Hall–Kier alpha value is -2.48. The molecule has 0 aliphatic heterocycles. The van der Waals surface area contributed by atoms with E-state index in [0.29, 0.717) is 5.82 Å². The van der Waals surface area contributed by atoms with Crippen molar-refractivity contribution in [3.8, 4) is 0 Å². The third-order valence-corrected chi connectivity index (χ3v) is 1.94. The Bertz CT molecular complexity index is 550. The molecule has 0 aliphatic carbocycles. The third kappa shape index (κ3) is 2.37. The second-order valence-electron chi connectivity index (χ2n) is 3.21. The molecule has 0 bridgehead atoms. The van der Waals surface area contributed by atoms with Crippen LogP contribution in [0.5, 0.6) is 0 Å². The predicted octanol–water partition coefficient (Wildman–Crippen LogP) is 0.412. The van der Waals surface area contributed by atoms with E-state index in [4.69, 9.17) is 10.9 Å². The van der Waals surface area contributed by atoms with Gasteiger partial charge in [0.1, 0.15) is 0 Å². The highest BCUT2D eigenvalue weighted by Gasteiger charge is 2.13. The van der Waals surface area contributed by atoms with Gasteiger partial charge in [0.25, 0.3) is 0 Å². The largest absolute Gasteiger partial charge is 0.379 e. The summed E-state index contributed by atoms with van der Waals surface area (Å²) in [5.41, 5.74) is 8.28. The fraction of sp³-hybridized carbons (Fsp3) is 0.111. The molecule has 17 heavy (non-hydrogen) atoms. The number of hydroxylamine groups is 1. The van der Waals surface area contributed by atoms with Crippen molar-refractivity contribution in [1.82, 2.24) is 20.8 Å². The average Bonchev–Trinajstić information content (AvgIpc) is 2.72. The molecule has 4 N–H and O–H groups in total. The Morgan fingerprint density at radius 3 is 2.88 bits per heavy atom.